The van der Waals surface area contributed by atoms with Crippen molar-refractivity contribution in [2.45, 2.75) is 18.2 Å². The van der Waals surface area contributed by atoms with Crippen LogP contribution in [0.4, 0.5) is 14.9 Å². The number of benzene rings is 1. The number of amides is 2. The third-order valence-electron chi connectivity index (χ3n) is 2.58. The fraction of sp³-hybridized carbons (Fsp3) is 0.417. The number of halogens is 2. The Morgan fingerprint density at radius 1 is 1.58 bits per heavy atom. The molecule has 0 aliphatic rings. The Morgan fingerprint density at radius 3 is 2.79 bits per heavy atom. The maximum Gasteiger partial charge on any atom is 0.319 e. The van der Waals surface area contributed by atoms with Gasteiger partial charge in [0.05, 0.1) is 11.6 Å². The quantitative estimate of drug-likeness (QED) is 0.784. The highest BCUT2D eigenvalue weighted by atomic mass is 35.5. The van der Waals surface area contributed by atoms with E-state index in [0.717, 1.165) is 6.07 Å². The Bertz CT molecular complexity index is 444. The van der Waals surface area contributed by atoms with Gasteiger partial charge in [-0.25, -0.2) is 9.18 Å². The van der Waals surface area contributed by atoms with Gasteiger partial charge in [-0.2, -0.15) is 11.8 Å². The highest BCUT2D eigenvalue weighted by molar-refractivity contribution is 7.99. The summed E-state index contributed by atoms with van der Waals surface area (Å²) in [5, 5.41) is 14.2. The number of carbonyl (C=O) groups is 1. The van der Waals surface area contributed by atoms with Crippen LogP contribution in [0.15, 0.2) is 18.2 Å². The molecule has 0 aromatic heterocycles. The third-order valence-corrected chi connectivity index (χ3v) is 4.05. The first-order valence-electron chi connectivity index (χ1n) is 5.64. The van der Waals surface area contributed by atoms with Gasteiger partial charge < -0.3 is 15.7 Å². The number of nitrogens with one attached hydrogen (secondary N) is 2. The summed E-state index contributed by atoms with van der Waals surface area (Å²) in [5.74, 6) is -0.593. The van der Waals surface area contributed by atoms with Crippen LogP contribution in [-0.4, -0.2) is 35.3 Å². The van der Waals surface area contributed by atoms with Gasteiger partial charge in [-0.15, -0.1) is 0 Å². The predicted octanol–water partition coefficient (Wildman–Crippen LogP) is 2.71. The summed E-state index contributed by atoms with van der Waals surface area (Å²) < 4.78 is 13.2. The molecule has 0 saturated carbocycles. The van der Waals surface area contributed by atoms with E-state index in [0.29, 0.717) is 5.69 Å². The molecule has 2 atom stereocenters. The molecule has 1 rings (SSSR count). The fourth-order valence-corrected chi connectivity index (χ4v) is 2.22. The van der Waals surface area contributed by atoms with Gasteiger partial charge in [0.25, 0.3) is 0 Å². The first-order chi connectivity index (χ1) is 8.97. The number of rotatable bonds is 5. The van der Waals surface area contributed by atoms with Crippen molar-refractivity contribution in [1.29, 1.82) is 0 Å². The van der Waals surface area contributed by atoms with E-state index in [2.05, 4.69) is 10.6 Å². The van der Waals surface area contributed by atoms with Crippen LogP contribution in [0.2, 0.25) is 5.02 Å². The molecule has 1 aromatic carbocycles. The Kier molecular flexibility index (Phi) is 6.41. The van der Waals surface area contributed by atoms with E-state index in [1.165, 1.54) is 23.9 Å². The van der Waals surface area contributed by atoms with Crippen LogP contribution in [0.1, 0.15) is 6.92 Å². The van der Waals surface area contributed by atoms with Crippen LogP contribution in [0.3, 0.4) is 0 Å². The average molecular weight is 307 g/mol. The second-order valence-electron chi connectivity index (χ2n) is 3.97. The van der Waals surface area contributed by atoms with Gasteiger partial charge in [0.2, 0.25) is 0 Å². The summed E-state index contributed by atoms with van der Waals surface area (Å²) in [7, 11) is 0. The number of hydrogen-bond donors (Lipinski definition) is 3. The molecule has 4 nitrogen and oxygen atoms in total. The van der Waals surface area contributed by atoms with E-state index in [1.54, 1.807) is 6.92 Å². The maximum absolute atomic E-state index is 13.2. The van der Waals surface area contributed by atoms with E-state index < -0.39 is 11.8 Å². The van der Waals surface area contributed by atoms with Crippen LogP contribution in [0.5, 0.6) is 0 Å². The molecule has 3 N–H and O–H groups in total. The topological polar surface area (TPSA) is 61.4 Å². The molecule has 0 fully saturated rings. The summed E-state index contributed by atoms with van der Waals surface area (Å²) in [6.45, 7) is 1.76. The molecule has 0 bridgehead atoms. The van der Waals surface area contributed by atoms with Crippen molar-refractivity contribution in [1.82, 2.24) is 5.32 Å². The summed E-state index contributed by atoms with van der Waals surface area (Å²) in [6, 6.07) is 3.35. The zero-order chi connectivity index (χ0) is 14.4. The van der Waals surface area contributed by atoms with Crippen molar-refractivity contribution in [3.63, 3.8) is 0 Å². The lowest BCUT2D eigenvalue weighted by Gasteiger charge is -2.21. The number of aliphatic hydroxyl groups is 1. The molecule has 0 heterocycles. The van der Waals surface area contributed by atoms with Crippen LogP contribution in [-0.2, 0) is 0 Å². The van der Waals surface area contributed by atoms with E-state index >= 15 is 0 Å². The summed E-state index contributed by atoms with van der Waals surface area (Å²) >= 11 is 7.01. The monoisotopic (exact) mass is 306 g/mol. The van der Waals surface area contributed by atoms with Gasteiger partial charge in [-0.1, -0.05) is 11.6 Å². The molecular weight excluding hydrogens is 291 g/mol. The Hall–Kier alpha value is -0.980. The average Bonchev–Trinajstić information content (AvgIpc) is 2.35. The second kappa shape index (κ2) is 7.57. The summed E-state index contributed by atoms with van der Waals surface area (Å²) in [6.07, 6.45) is 1.85. The lowest BCUT2D eigenvalue weighted by atomic mass is 10.2. The van der Waals surface area contributed by atoms with Gasteiger partial charge in [-0.3, -0.25) is 0 Å². The van der Waals surface area contributed by atoms with Crippen molar-refractivity contribution < 1.29 is 14.3 Å². The molecule has 0 spiro atoms. The smallest absolute Gasteiger partial charge is 0.319 e. The molecule has 2 amide bonds. The minimum Gasteiger partial charge on any atom is -0.395 e. The molecule has 0 aliphatic carbocycles. The molecule has 0 saturated heterocycles. The number of aliphatic hydroxyl groups excluding tert-OH is 1. The highest BCUT2D eigenvalue weighted by Crippen LogP contribution is 2.18. The summed E-state index contributed by atoms with van der Waals surface area (Å²) in [5.41, 5.74) is 0.316. The Morgan fingerprint density at radius 2 is 2.26 bits per heavy atom. The van der Waals surface area contributed by atoms with E-state index in [9.17, 15) is 9.18 Å². The number of urea groups is 1. The SMILES string of the molecule is CSC(CO)C(C)NC(=O)Nc1ccc(Cl)c(F)c1. The molecule has 1 aromatic rings. The number of anilines is 1. The first kappa shape index (κ1) is 16.1. The van der Waals surface area contributed by atoms with E-state index in [-0.39, 0.29) is 22.9 Å². The van der Waals surface area contributed by atoms with E-state index in [1.807, 2.05) is 6.26 Å². The zero-order valence-corrected chi connectivity index (χ0v) is 12.2. The molecule has 106 valence electrons. The normalized spacial score (nSPS) is 13.7. The van der Waals surface area contributed by atoms with Crippen molar-refractivity contribution in [3.05, 3.63) is 29.0 Å². The van der Waals surface area contributed by atoms with Gasteiger partial charge in [-0.05, 0) is 31.4 Å². The van der Waals surface area contributed by atoms with Crippen LogP contribution in [0, 0.1) is 5.82 Å². The standard InChI is InChI=1S/C12H16ClFN2O2S/c1-7(11(6-17)19-2)15-12(18)16-8-3-4-9(13)10(14)5-8/h3-5,7,11,17H,6H2,1-2H3,(H2,15,16,18). The minimum absolute atomic E-state index is 0.00190. The molecular formula is C12H16ClFN2O2S. The first-order valence-corrected chi connectivity index (χ1v) is 7.30. The van der Waals surface area contributed by atoms with Crippen molar-refractivity contribution in [3.8, 4) is 0 Å². The predicted molar refractivity (Wildman–Crippen MR) is 77.4 cm³/mol. The van der Waals surface area contributed by atoms with Crippen molar-refractivity contribution in [2.75, 3.05) is 18.2 Å². The Labute approximate surface area is 120 Å². The zero-order valence-electron chi connectivity index (χ0n) is 10.6. The van der Waals surface area contributed by atoms with Gasteiger partial charge in [0.15, 0.2) is 0 Å². The molecule has 0 aliphatic heterocycles. The van der Waals surface area contributed by atoms with Crippen LogP contribution >= 0.6 is 23.4 Å². The second-order valence-corrected chi connectivity index (χ2v) is 5.46. The molecule has 0 radical (unpaired) electrons. The van der Waals surface area contributed by atoms with E-state index in [4.69, 9.17) is 16.7 Å². The molecule has 2 unspecified atom stereocenters. The number of carbonyl (C=O) groups excluding carboxylic acids is 1. The third kappa shape index (κ3) is 4.89. The lowest BCUT2D eigenvalue weighted by Crippen LogP contribution is -2.43. The Balaban J connectivity index is 2.57. The van der Waals surface area contributed by atoms with Crippen molar-refractivity contribution >= 4 is 35.1 Å². The number of thioether (sulfide) groups is 1. The number of hydrogen-bond acceptors (Lipinski definition) is 3. The lowest BCUT2D eigenvalue weighted by molar-refractivity contribution is 0.243. The molecule has 19 heavy (non-hydrogen) atoms. The van der Waals surface area contributed by atoms with Crippen molar-refractivity contribution in [2.24, 2.45) is 0 Å². The van der Waals surface area contributed by atoms with Gasteiger partial charge in [0, 0.05) is 17.0 Å². The van der Waals surface area contributed by atoms with Gasteiger partial charge in [0.1, 0.15) is 5.82 Å². The van der Waals surface area contributed by atoms with Crippen LogP contribution < -0.4 is 10.6 Å². The fourth-order valence-electron chi connectivity index (χ4n) is 1.48. The minimum atomic E-state index is -0.593. The van der Waals surface area contributed by atoms with Gasteiger partial charge >= 0.3 is 6.03 Å². The van der Waals surface area contributed by atoms with Crippen LogP contribution in [0.25, 0.3) is 0 Å². The molecule has 7 heteroatoms. The summed E-state index contributed by atoms with van der Waals surface area (Å²) in [4.78, 5) is 11.7. The maximum atomic E-state index is 13.2. The largest absolute Gasteiger partial charge is 0.395 e. The highest BCUT2D eigenvalue weighted by Gasteiger charge is 2.17.